The predicted octanol–water partition coefficient (Wildman–Crippen LogP) is 1.42. The number of hydrogen-bond donors (Lipinski definition) is 0. The van der Waals surface area contributed by atoms with E-state index in [2.05, 4.69) is 9.84 Å². The first kappa shape index (κ1) is 16.2. The van der Waals surface area contributed by atoms with Crippen molar-refractivity contribution < 1.29 is 26.3 Å². The number of alkyl halides is 3. The van der Waals surface area contributed by atoms with Crippen LogP contribution in [0.1, 0.15) is 18.5 Å². The topological polar surface area (TPSA) is 64.4 Å². The van der Waals surface area contributed by atoms with Crippen LogP contribution >= 0.6 is 0 Å². The molecular weight excluding hydrogens is 311 g/mol. The standard InChI is InChI=1S/C11H16F3N3O3S/c1-8-7-10(16(2)15-8)21(18,19)17-5-3-9(4-6-17)20-11(12,13)14/h7,9H,3-6H2,1-2H3. The summed E-state index contributed by atoms with van der Waals surface area (Å²) < 4.78 is 67.6. The van der Waals surface area contributed by atoms with E-state index in [0.29, 0.717) is 5.69 Å². The molecule has 0 amide bonds. The largest absolute Gasteiger partial charge is 0.522 e. The second-order valence-corrected chi connectivity index (χ2v) is 6.80. The molecule has 120 valence electrons. The minimum atomic E-state index is -4.69. The van der Waals surface area contributed by atoms with Gasteiger partial charge in [-0.05, 0) is 25.8 Å². The Morgan fingerprint density at radius 2 is 1.90 bits per heavy atom. The lowest BCUT2D eigenvalue weighted by molar-refractivity contribution is -0.345. The molecule has 0 unspecified atom stereocenters. The smallest absolute Gasteiger partial charge is 0.288 e. The maximum Gasteiger partial charge on any atom is 0.522 e. The maximum absolute atomic E-state index is 12.4. The molecule has 2 rings (SSSR count). The fourth-order valence-electron chi connectivity index (χ4n) is 2.34. The Morgan fingerprint density at radius 1 is 1.33 bits per heavy atom. The summed E-state index contributed by atoms with van der Waals surface area (Å²) in [6.07, 6.45) is -5.67. The summed E-state index contributed by atoms with van der Waals surface area (Å²) in [6, 6.07) is 1.44. The molecule has 1 aromatic rings. The first-order chi connectivity index (χ1) is 9.59. The number of halogens is 3. The Kier molecular flexibility index (Phi) is 4.31. The highest BCUT2D eigenvalue weighted by Crippen LogP contribution is 2.27. The Balaban J connectivity index is 2.06. The van der Waals surface area contributed by atoms with Gasteiger partial charge in [-0.1, -0.05) is 0 Å². The number of hydrogen-bond acceptors (Lipinski definition) is 4. The summed E-state index contributed by atoms with van der Waals surface area (Å²) in [7, 11) is -2.23. The third-order valence-corrected chi connectivity index (χ3v) is 5.22. The average Bonchev–Trinajstić information content (AvgIpc) is 2.68. The molecule has 1 fully saturated rings. The van der Waals surface area contributed by atoms with Crippen LogP contribution in [0.15, 0.2) is 11.1 Å². The number of aromatic nitrogens is 2. The van der Waals surface area contributed by atoms with Gasteiger partial charge in [0.1, 0.15) is 0 Å². The quantitative estimate of drug-likeness (QED) is 0.842. The molecule has 0 saturated carbocycles. The van der Waals surface area contributed by atoms with Gasteiger partial charge in [-0.2, -0.15) is 9.40 Å². The van der Waals surface area contributed by atoms with E-state index in [-0.39, 0.29) is 31.0 Å². The second kappa shape index (κ2) is 5.58. The van der Waals surface area contributed by atoms with Crippen LogP contribution in [0.4, 0.5) is 13.2 Å². The summed E-state index contributed by atoms with van der Waals surface area (Å²) >= 11 is 0. The van der Waals surface area contributed by atoms with Gasteiger partial charge in [0.2, 0.25) is 0 Å². The first-order valence-corrected chi connectivity index (χ1v) is 7.79. The van der Waals surface area contributed by atoms with Crippen molar-refractivity contribution in [2.45, 2.75) is 37.3 Å². The molecule has 10 heteroatoms. The highest BCUT2D eigenvalue weighted by molar-refractivity contribution is 7.89. The SMILES string of the molecule is Cc1cc(S(=O)(=O)N2CCC(OC(F)(F)F)CC2)n(C)n1. The summed E-state index contributed by atoms with van der Waals surface area (Å²) in [6.45, 7) is 1.66. The molecule has 1 aliphatic rings. The lowest BCUT2D eigenvalue weighted by atomic mass is 10.1. The highest BCUT2D eigenvalue weighted by atomic mass is 32.2. The van der Waals surface area contributed by atoms with Gasteiger partial charge in [-0.15, -0.1) is 13.2 Å². The van der Waals surface area contributed by atoms with Crippen molar-refractivity contribution in [1.82, 2.24) is 14.1 Å². The van der Waals surface area contributed by atoms with Crippen LogP contribution < -0.4 is 0 Å². The molecule has 2 heterocycles. The number of nitrogens with zero attached hydrogens (tertiary/aromatic N) is 3. The van der Waals surface area contributed by atoms with Crippen molar-refractivity contribution >= 4 is 10.0 Å². The zero-order valence-electron chi connectivity index (χ0n) is 11.6. The monoisotopic (exact) mass is 327 g/mol. The molecule has 1 aromatic heterocycles. The van der Waals surface area contributed by atoms with Crippen molar-refractivity contribution in [2.24, 2.45) is 7.05 Å². The van der Waals surface area contributed by atoms with E-state index in [9.17, 15) is 21.6 Å². The molecule has 0 aromatic carbocycles. The molecule has 0 aliphatic carbocycles. The fourth-order valence-corrected chi connectivity index (χ4v) is 3.99. The van der Waals surface area contributed by atoms with Crippen LogP contribution in [-0.4, -0.2) is 48.1 Å². The fraction of sp³-hybridized carbons (Fsp3) is 0.727. The Hall–Kier alpha value is -1.13. The predicted molar refractivity (Wildman–Crippen MR) is 66.9 cm³/mol. The number of sulfonamides is 1. The third-order valence-electron chi connectivity index (χ3n) is 3.26. The number of rotatable bonds is 3. The van der Waals surface area contributed by atoms with Gasteiger partial charge in [-0.3, -0.25) is 9.42 Å². The lowest BCUT2D eigenvalue weighted by Gasteiger charge is -2.31. The Labute approximate surface area is 120 Å². The van der Waals surface area contributed by atoms with Crippen molar-refractivity contribution in [3.8, 4) is 0 Å². The van der Waals surface area contributed by atoms with Crippen molar-refractivity contribution in [2.75, 3.05) is 13.1 Å². The van der Waals surface area contributed by atoms with Crippen LogP contribution in [0.3, 0.4) is 0 Å². The average molecular weight is 327 g/mol. The van der Waals surface area contributed by atoms with E-state index in [4.69, 9.17) is 0 Å². The lowest BCUT2D eigenvalue weighted by Crippen LogP contribution is -2.42. The van der Waals surface area contributed by atoms with Gasteiger partial charge in [0.15, 0.2) is 5.03 Å². The van der Waals surface area contributed by atoms with E-state index in [1.165, 1.54) is 22.1 Å². The summed E-state index contributed by atoms with van der Waals surface area (Å²) in [5.41, 5.74) is 0.561. The maximum atomic E-state index is 12.4. The third kappa shape index (κ3) is 3.74. The van der Waals surface area contributed by atoms with Crippen molar-refractivity contribution in [1.29, 1.82) is 0 Å². The number of piperidine rings is 1. The summed E-state index contributed by atoms with van der Waals surface area (Å²) in [5, 5.41) is 4.01. The highest BCUT2D eigenvalue weighted by Gasteiger charge is 2.37. The molecule has 0 radical (unpaired) electrons. The van der Waals surface area contributed by atoms with E-state index in [1.807, 2.05) is 0 Å². The summed E-state index contributed by atoms with van der Waals surface area (Å²) in [4.78, 5) is 0. The molecule has 0 bridgehead atoms. The van der Waals surface area contributed by atoms with Crippen LogP contribution in [-0.2, 0) is 21.8 Å². The van der Waals surface area contributed by atoms with Gasteiger partial charge in [-0.25, -0.2) is 8.42 Å². The zero-order valence-corrected chi connectivity index (χ0v) is 12.4. The Morgan fingerprint density at radius 3 is 2.33 bits per heavy atom. The van der Waals surface area contributed by atoms with Crippen LogP contribution in [0.2, 0.25) is 0 Å². The zero-order chi connectivity index (χ0) is 15.8. The second-order valence-electron chi connectivity index (χ2n) is 4.91. The van der Waals surface area contributed by atoms with Crippen molar-refractivity contribution in [3.05, 3.63) is 11.8 Å². The molecule has 0 N–H and O–H groups in total. The molecule has 0 atom stereocenters. The molecule has 6 nitrogen and oxygen atoms in total. The number of ether oxygens (including phenoxy) is 1. The van der Waals surface area contributed by atoms with Gasteiger partial charge in [0, 0.05) is 20.1 Å². The van der Waals surface area contributed by atoms with Gasteiger partial charge < -0.3 is 0 Å². The van der Waals surface area contributed by atoms with E-state index < -0.39 is 22.5 Å². The van der Waals surface area contributed by atoms with Gasteiger partial charge in [0.05, 0.1) is 11.8 Å². The van der Waals surface area contributed by atoms with Gasteiger partial charge >= 0.3 is 6.36 Å². The molecule has 0 spiro atoms. The van der Waals surface area contributed by atoms with E-state index in [1.54, 1.807) is 6.92 Å². The molecular formula is C11H16F3N3O3S. The normalized spacial score (nSPS) is 19.1. The molecule has 1 saturated heterocycles. The summed E-state index contributed by atoms with van der Waals surface area (Å²) in [5.74, 6) is 0. The Bertz CT molecular complexity index is 604. The van der Waals surface area contributed by atoms with Crippen LogP contribution in [0, 0.1) is 6.92 Å². The van der Waals surface area contributed by atoms with E-state index in [0.717, 1.165) is 0 Å². The first-order valence-electron chi connectivity index (χ1n) is 6.35. The van der Waals surface area contributed by atoms with Gasteiger partial charge in [0.25, 0.3) is 10.0 Å². The molecule has 1 aliphatic heterocycles. The van der Waals surface area contributed by atoms with Crippen LogP contribution in [0.25, 0.3) is 0 Å². The van der Waals surface area contributed by atoms with E-state index >= 15 is 0 Å². The number of aryl methyl sites for hydroxylation is 2. The van der Waals surface area contributed by atoms with Crippen molar-refractivity contribution in [3.63, 3.8) is 0 Å². The minimum absolute atomic E-state index is 0.00664. The molecule has 21 heavy (non-hydrogen) atoms. The van der Waals surface area contributed by atoms with Crippen LogP contribution in [0.5, 0.6) is 0 Å². The minimum Gasteiger partial charge on any atom is -0.288 e.